The van der Waals surface area contributed by atoms with Crippen molar-refractivity contribution in [2.45, 2.75) is 30.8 Å². The first-order valence-corrected chi connectivity index (χ1v) is 6.44. The van der Waals surface area contributed by atoms with E-state index >= 15 is 0 Å². The molecule has 0 N–H and O–H groups in total. The van der Waals surface area contributed by atoms with E-state index in [1.807, 2.05) is 0 Å². The molecule has 1 aromatic rings. The van der Waals surface area contributed by atoms with Gasteiger partial charge in [0.2, 0.25) is 0 Å². The fourth-order valence-corrected chi connectivity index (χ4v) is 3.41. The van der Waals surface area contributed by atoms with Gasteiger partial charge in [-0.25, -0.2) is 0 Å². The van der Waals surface area contributed by atoms with Crippen LogP contribution in [0.2, 0.25) is 0 Å². The van der Waals surface area contributed by atoms with E-state index in [-0.39, 0.29) is 0 Å². The van der Waals surface area contributed by atoms with Crippen molar-refractivity contribution in [2.24, 2.45) is 0 Å². The fourth-order valence-electron chi connectivity index (χ4n) is 2.92. The maximum Gasteiger partial charge on any atom is 0.132 e. The summed E-state index contributed by atoms with van der Waals surface area (Å²) in [5.74, 6) is 0.452. The minimum Gasteiger partial charge on any atom is -0.296 e. The van der Waals surface area contributed by atoms with Gasteiger partial charge in [0.15, 0.2) is 0 Å². The number of hydrogen-bond donors (Lipinski definition) is 0. The van der Waals surface area contributed by atoms with Crippen molar-refractivity contribution in [1.29, 1.82) is 0 Å². The molecule has 0 saturated carbocycles. The molecule has 3 nitrogen and oxygen atoms in total. The van der Waals surface area contributed by atoms with E-state index in [1.54, 1.807) is 6.20 Å². The molecule has 0 aromatic carbocycles. The smallest absolute Gasteiger partial charge is 0.132 e. The number of rotatable bonds is 1. The van der Waals surface area contributed by atoms with E-state index in [9.17, 15) is 0 Å². The summed E-state index contributed by atoms with van der Waals surface area (Å²) in [6, 6.07) is 3.34. The molecule has 0 amide bonds. The lowest BCUT2D eigenvalue weighted by Crippen LogP contribution is -2.38. The molecule has 2 aliphatic rings. The number of hydrogen-bond acceptors (Lipinski definition) is 3. The lowest BCUT2D eigenvalue weighted by Gasteiger charge is -2.33. The molecule has 0 aliphatic carbocycles. The Labute approximate surface area is 104 Å². The van der Waals surface area contributed by atoms with Crippen LogP contribution in [-0.4, -0.2) is 34.2 Å². The van der Waals surface area contributed by atoms with E-state index in [0.29, 0.717) is 18.0 Å². The maximum atomic E-state index is 4.08. The standard InChI is InChI=1S/C12H14BrN3/c1-16-8-2-4-9(11(16)5-3-8)10-6-7-14-15-12(10)13/h2,4,6-9,11H,3,5H2,1H3. The lowest BCUT2D eigenvalue weighted by atomic mass is 9.90. The summed E-state index contributed by atoms with van der Waals surface area (Å²) < 4.78 is 0.878. The molecule has 2 bridgehead atoms. The fraction of sp³-hybridized carbons (Fsp3) is 0.500. The van der Waals surface area contributed by atoms with Crippen LogP contribution in [0.1, 0.15) is 24.3 Å². The van der Waals surface area contributed by atoms with Crippen molar-refractivity contribution in [1.82, 2.24) is 15.1 Å². The van der Waals surface area contributed by atoms with Crippen molar-refractivity contribution < 1.29 is 0 Å². The summed E-state index contributed by atoms with van der Waals surface area (Å²) in [6.45, 7) is 0. The van der Waals surface area contributed by atoms with Crippen LogP contribution in [0.15, 0.2) is 29.0 Å². The number of likely N-dealkylation sites (N-methyl/N-ethyl adjacent to an activating group) is 1. The SMILES string of the molecule is CN1C2C=CC(c3ccnnc3Br)C1CC2. The normalized spacial score (nSPS) is 33.2. The van der Waals surface area contributed by atoms with E-state index in [4.69, 9.17) is 0 Å². The second-order valence-corrected chi connectivity index (χ2v) is 5.32. The molecule has 3 unspecified atom stereocenters. The lowest BCUT2D eigenvalue weighted by molar-refractivity contribution is 0.241. The number of aromatic nitrogens is 2. The van der Waals surface area contributed by atoms with Crippen LogP contribution >= 0.6 is 15.9 Å². The summed E-state index contributed by atoms with van der Waals surface area (Å²) in [5, 5.41) is 7.96. The molecule has 16 heavy (non-hydrogen) atoms. The predicted octanol–water partition coefficient (Wildman–Crippen LogP) is 2.36. The van der Waals surface area contributed by atoms with E-state index in [1.165, 1.54) is 18.4 Å². The van der Waals surface area contributed by atoms with E-state index < -0.39 is 0 Å². The molecule has 3 atom stereocenters. The van der Waals surface area contributed by atoms with Crippen LogP contribution in [0, 0.1) is 0 Å². The van der Waals surface area contributed by atoms with Crippen LogP contribution in [0.4, 0.5) is 0 Å². The molecular formula is C12H14BrN3. The summed E-state index contributed by atoms with van der Waals surface area (Å²) >= 11 is 3.50. The van der Waals surface area contributed by atoms with Crippen LogP contribution in [0.5, 0.6) is 0 Å². The topological polar surface area (TPSA) is 29.0 Å². The highest BCUT2D eigenvalue weighted by atomic mass is 79.9. The highest BCUT2D eigenvalue weighted by Crippen LogP contribution is 2.40. The third-order valence-electron chi connectivity index (χ3n) is 3.82. The van der Waals surface area contributed by atoms with Crippen molar-refractivity contribution >= 4 is 15.9 Å². The largest absolute Gasteiger partial charge is 0.296 e. The van der Waals surface area contributed by atoms with Gasteiger partial charge in [-0.05, 0) is 47.4 Å². The molecule has 0 spiro atoms. The highest BCUT2D eigenvalue weighted by molar-refractivity contribution is 9.10. The van der Waals surface area contributed by atoms with Gasteiger partial charge in [-0.1, -0.05) is 12.2 Å². The first kappa shape index (κ1) is 10.4. The minimum absolute atomic E-state index is 0.452. The molecule has 3 heterocycles. The Balaban J connectivity index is 2.00. The van der Waals surface area contributed by atoms with E-state index in [0.717, 1.165) is 4.60 Å². The molecule has 1 saturated heterocycles. The van der Waals surface area contributed by atoms with Gasteiger partial charge in [0.05, 0.1) is 0 Å². The third-order valence-corrected chi connectivity index (χ3v) is 4.44. The quantitative estimate of drug-likeness (QED) is 0.739. The molecule has 84 valence electrons. The van der Waals surface area contributed by atoms with Gasteiger partial charge >= 0.3 is 0 Å². The maximum absolute atomic E-state index is 4.08. The Morgan fingerprint density at radius 3 is 3.06 bits per heavy atom. The molecule has 4 heteroatoms. The first-order valence-electron chi connectivity index (χ1n) is 5.64. The monoisotopic (exact) mass is 279 g/mol. The van der Waals surface area contributed by atoms with Gasteiger partial charge in [0.1, 0.15) is 4.60 Å². The molecule has 0 radical (unpaired) electrons. The second kappa shape index (κ2) is 3.93. The summed E-state index contributed by atoms with van der Waals surface area (Å²) in [7, 11) is 2.22. The van der Waals surface area contributed by atoms with Gasteiger partial charge < -0.3 is 0 Å². The molecular weight excluding hydrogens is 266 g/mol. The third kappa shape index (κ3) is 1.52. The average molecular weight is 280 g/mol. The Morgan fingerprint density at radius 1 is 1.38 bits per heavy atom. The Morgan fingerprint density at radius 2 is 2.25 bits per heavy atom. The Kier molecular flexibility index (Phi) is 2.56. The number of halogens is 1. The van der Waals surface area contributed by atoms with E-state index in [2.05, 4.69) is 56.3 Å². The predicted molar refractivity (Wildman–Crippen MR) is 66.2 cm³/mol. The molecule has 1 fully saturated rings. The van der Waals surface area contributed by atoms with Gasteiger partial charge in [-0.15, -0.1) is 5.10 Å². The van der Waals surface area contributed by atoms with Gasteiger partial charge in [-0.2, -0.15) is 5.10 Å². The molecule has 3 rings (SSSR count). The number of fused-ring (bicyclic) bond motifs is 2. The van der Waals surface area contributed by atoms with Crippen molar-refractivity contribution in [3.63, 3.8) is 0 Å². The average Bonchev–Trinajstić information content (AvgIpc) is 2.52. The van der Waals surface area contributed by atoms with Gasteiger partial charge in [0.25, 0.3) is 0 Å². The van der Waals surface area contributed by atoms with Crippen LogP contribution in [0.25, 0.3) is 0 Å². The second-order valence-electron chi connectivity index (χ2n) is 4.57. The van der Waals surface area contributed by atoms with Gasteiger partial charge in [-0.3, -0.25) is 4.90 Å². The zero-order valence-corrected chi connectivity index (χ0v) is 10.8. The Hall–Kier alpha value is -0.740. The summed E-state index contributed by atoms with van der Waals surface area (Å²) in [5.41, 5.74) is 1.25. The summed E-state index contributed by atoms with van der Waals surface area (Å²) in [6.07, 6.45) is 9.00. The van der Waals surface area contributed by atoms with Crippen LogP contribution in [0.3, 0.4) is 0 Å². The molecule has 2 aliphatic heterocycles. The first-order chi connectivity index (χ1) is 7.77. The van der Waals surface area contributed by atoms with Crippen LogP contribution < -0.4 is 0 Å². The van der Waals surface area contributed by atoms with Crippen molar-refractivity contribution in [3.8, 4) is 0 Å². The van der Waals surface area contributed by atoms with Crippen molar-refractivity contribution in [2.75, 3.05) is 7.05 Å². The highest BCUT2D eigenvalue weighted by Gasteiger charge is 2.38. The minimum atomic E-state index is 0.452. The zero-order valence-electron chi connectivity index (χ0n) is 9.18. The molecule has 1 aromatic heterocycles. The zero-order chi connectivity index (χ0) is 11.1. The number of nitrogens with zero attached hydrogens (tertiary/aromatic N) is 3. The van der Waals surface area contributed by atoms with Gasteiger partial charge in [0, 0.05) is 24.2 Å². The summed E-state index contributed by atoms with van der Waals surface area (Å²) in [4.78, 5) is 2.48. The van der Waals surface area contributed by atoms with Crippen molar-refractivity contribution in [3.05, 3.63) is 34.6 Å². The van der Waals surface area contributed by atoms with Crippen LogP contribution in [-0.2, 0) is 0 Å². The Bertz CT molecular complexity index is 432.